The standard InChI is InChI=1S/C29H26N2O6/c1-2-17-8-11-20(12-9-17)31-26(32)23-24(27(31)33)29(28(34)35,19-6-4-3-5-7-19)30-25(23)18-10-13-21-22(16-18)37-15-14-36-21/h3-13,16,23-25,30H,2,14-15H2,1H3,(H,34,35). The van der Waals surface area contributed by atoms with Crippen LogP contribution in [0.5, 0.6) is 11.5 Å². The molecule has 8 heteroatoms. The van der Waals surface area contributed by atoms with Gasteiger partial charge in [-0.3, -0.25) is 14.9 Å². The third-order valence-corrected chi connectivity index (χ3v) is 7.65. The molecule has 6 rings (SSSR count). The molecule has 3 aliphatic heterocycles. The van der Waals surface area contributed by atoms with Crippen LogP contribution in [-0.4, -0.2) is 36.1 Å². The summed E-state index contributed by atoms with van der Waals surface area (Å²) in [5, 5.41) is 13.9. The van der Waals surface area contributed by atoms with Gasteiger partial charge in [-0.15, -0.1) is 0 Å². The van der Waals surface area contributed by atoms with Gasteiger partial charge in [-0.05, 0) is 47.4 Å². The smallest absolute Gasteiger partial charge is 0.329 e. The minimum Gasteiger partial charge on any atom is -0.486 e. The van der Waals surface area contributed by atoms with Crippen molar-refractivity contribution in [1.29, 1.82) is 0 Å². The molecule has 2 saturated heterocycles. The first kappa shape index (κ1) is 23.2. The Labute approximate surface area is 213 Å². The van der Waals surface area contributed by atoms with Crippen LogP contribution in [0.1, 0.15) is 29.7 Å². The molecule has 3 aliphatic rings. The van der Waals surface area contributed by atoms with Crippen molar-refractivity contribution in [1.82, 2.24) is 5.32 Å². The maximum absolute atomic E-state index is 14.0. The minimum absolute atomic E-state index is 0.391. The summed E-state index contributed by atoms with van der Waals surface area (Å²) in [4.78, 5) is 42.2. The van der Waals surface area contributed by atoms with E-state index in [1.54, 1.807) is 60.7 Å². The normalized spacial score (nSPS) is 26.3. The molecule has 2 fully saturated rings. The Morgan fingerprint density at radius 2 is 1.68 bits per heavy atom. The van der Waals surface area contributed by atoms with Crippen LogP contribution in [0.4, 0.5) is 5.69 Å². The lowest BCUT2D eigenvalue weighted by Gasteiger charge is -2.32. The summed E-state index contributed by atoms with van der Waals surface area (Å²) in [5.41, 5.74) is 0.789. The Balaban J connectivity index is 1.51. The highest BCUT2D eigenvalue weighted by atomic mass is 16.6. The first-order chi connectivity index (χ1) is 18.0. The van der Waals surface area contributed by atoms with Crippen molar-refractivity contribution >= 4 is 23.5 Å². The Bertz CT molecular complexity index is 1390. The topological polar surface area (TPSA) is 105 Å². The van der Waals surface area contributed by atoms with Crippen molar-refractivity contribution in [2.24, 2.45) is 11.8 Å². The summed E-state index contributed by atoms with van der Waals surface area (Å²) in [6.45, 7) is 2.85. The van der Waals surface area contributed by atoms with Crippen LogP contribution in [0.25, 0.3) is 0 Å². The van der Waals surface area contributed by atoms with Crippen LogP contribution < -0.4 is 19.7 Å². The number of hydrogen-bond acceptors (Lipinski definition) is 6. The van der Waals surface area contributed by atoms with Gasteiger partial charge in [0.15, 0.2) is 17.0 Å². The highest BCUT2D eigenvalue weighted by Crippen LogP contribution is 2.54. The lowest BCUT2D eigenvalue weighted by Crippen LogP contribution is -2.53. The molecule has 0 aliphatic carbocycles. The highest BCUT2D eigenvalue weighted by Gasteiger charge is 2.69. The molecule has 0 bridgehead atoms. The van der Waals surface area contributed by atoms with Gasteiger partial charge in [-0.2, -0.15) is 0 Å². The number of nitrogens with zero attached hydrogens (tertiary/aromatic N) is 1. The molecule has 4 atom stereocenters. The van der Waals surface area contributed by atoms with E-state index in [-0.39, 0.29) is 0 Å². The molecule has 37 heavy (non-hydrogen) atoms. The van der Waals surface area contributed by atoms with E-state index in [2.05, 4.69) is 5.32 Å². The molecular weight excluding hydrogens is 472 g/mol. The average molecular weight is 499 g/mol. The zero-order valence-electron chi connectivity index (χ0n) is 20.2. The second-order valence-electron chi connectivity index (χ2n) is 9.54. The number of benzene rings is 3. The predicted molar refractivity (Wildman–Crippen MR) is 134 cm³/mol. The lowest BCUT2D eigenvalue weighted by molar-refractivity contribution is -0.149. The van der Waals surface area contributed by atoms with E-state index in [9.17, 15) is 19.5 Å². The molecule has 0 radical (unpaired) electrons. The number of hydrogen-bond donors (Lipinski definition) is 2. The summed E-state index contributed by atoms with van der Waals surface area (Å²) in [6.07, 6.45) is 0.819. The Morgan fingerprint density at radius 1 is 0.973 bits per heavy atom. The van der Waals surface area contributed by atoms with Gasteiger partial charge in [0.05, 0.1) is 17.5 Å². The largest absolute Gasteiger partial charge is 0.486 e. The first-order valence-corrected chi connectivity index (χ1v) is 12.4. The number of ether oxygens (including phenoxy) is 2. The van der Waals surface area contributed by atoms with Crippen LogP contribution in [0.15, 0.2) is 72.8 Å². The monoisotopic (exact) mass is 498 g/mol. The van der Waals surface area contributed by atoms with Gasteiger partial charge in [0.2, 0.25) is 11.8 Å². The number of carboxylic acids is 1. The summed E-state index contributed by atoms with van der Waals surface area (Å²) in [7, 11) is 0. The van der Waals surface area contributed by atoms with E-state index in [1.807, 2.05) is 19.1 Å². The zero-order valence-corrected chi connectivity index (χ0v) is 20.2. The van der Waals surface area contributed by atoms with Gasteiger partial charge in [0.25, 0.3) is 0 Å². The van der Waals surface area contributed by atoms with Gasteiger partial charge >= 0.3 is 5.97 Å². The highest BCUT2D eigenvalue weighted by molar-refractivity contribution is 6.24. The SMILES string of the molecule is CCc1ccc(N2C(=O)C3C(c4ccc5c(c4)OCCO5)NC(C(=O)O)(c4ccccc4)C3C2=O)cc1. The number of rotatable bonds is 5. The zero-order chi connectivity index (χ0) is 25.7. The minimum atomic E-state index is -1.80. The van der Waals surface area contributed by atoms with Crippen molar-refractivity contribution < 1.29 is 29.0 Å². The average Bonchev–Trinajstić information content (AvgIpc) is 3.43. The third kappa shape index (κ3) is 3.43. The molecule has 3 aromatic carbocycles. The number of carbonyl (C=O) groups excluding carboxylic acids is 2. The summed E-state index contributed by atoms with van der Waals surface area (Å²) < 4.78 is 11.4. The van der Waals surface area contributed by atoms with E-state index >= 15 is 0 Å². The molecule has 8 nitrogen and oxygen atoms in total. The van der Waals surface area contributed by atoms with Gasteiger partial charge in [0.1, 0.15) is 13.2 Å². The second kappa shape index (κ2) is 8.74. The van der Waals surface area contributed by atoms with E-state index < -0.39 is 41.2 Å². The molecular formula is C29H26N2O6. The molecule has 0 aromatic heterocycles. The fourth-order valence-corrected chi connectivity index (χ4v) is 5.87. The van der Waals surface area contributed by atoms with Crippen LogP contribution in [0.3, 0.4) is 0 Å². The Morgan fingerprint density at radius 3 is 2.35 bits per heavy atom. The Hall–Kier alpha value is -4.17. The first-order valence-electron chi connectivity index (χ1n) is 12.4. The molecule has 0 spiro atoms. The maximum Gasteiger partial charge on any atom is 0.329 e. The number of aryl methyl sites for hydroxylation is 1. The van der Waals surface area contributed by atoms with E-state index in [0.717, 1.165) is 16.9 Å². The third-order valence-electron chi connectivity index (χ3n) is 7.65. The molecule has 2 amide bonds. The van der Waals surface area contributed by atoms with Crippen molar-refractivity contribution in [3.63, 3.8) is 0 Å². The lowest BCUT2D eigenvalue weighted by atomic mass is 9.75. The number of imide groups is 1. The predicted octanol–water partition coefficient (Wildman–Crippen LogP) is 3.45. The summed E-state index contributed by atoms with van der Waals surface area (Å²) in [5.74, 6) is -3.13. The number of nitrogens with one attached hydrogen (secondary N) is 1. The van der Waals surface area contributed by atoms with Crippen molar-refractivity contribution in [3.8, 4) is 11.5 Å². The number of carboxylic acid groups (broad SMARTS) is 1. The number of carbonyl (C=O) groups is 3. The van der Waals surface area contributed by atoms with Crippen molar-refractivity contribution in [2.45, 2.75) is 24.9 Å². The summed E-state index contributed by atoms with van der Waals surface area (Å²) in [6, 6.07) is 20.4. The molecule has 188 valence electrons. The molecule has 0 saturated carbocycles. The molecule has 4 unspecified atom stereocenters. The summed E-state index contributed by atoms with van der Waals surface area (Å²) >= 11 is 0. The maximum atomic E-state index is 14.0. The van der Waals surface area contributed by atoms with E-state index in [1.165, 1.54) is 0 Å². The van der Waals surface area contributed by atoms with Gasteiger partial charge in [0, 0.05) is 6.04 Å². The Kier molecular flexibility index (Phi) is 5.49. The van der Waals surface area contributed by atoms with E-state index in [0.29, 0.717) is 41.5 Å². The molecule has 3 heterocycles. The van der Waals surface area contributed by atoms with Crippen LogP contribution in [-0.2, 0) is 26.3 Å². The van der Waals surface area contributed by atoms with Crippen molar-refractivity contribution in [3.05, 3.63) is 89.5 Å². The fraction of sp³-hybridized carbons (Fsp3) is 0.276. The number of fused-ring (bicyclic) bond motifs is 2. The van der Waals surface area contributed by atoms with Gasteiger partial charge < -0.3 is 14.6 Å². The van der Waals surface area contributed by atoms with Gasteiger partial charge in [-0.25, -0.2) is 9.69 Å². The van der Waals surface area contributed by atoms with Crippen LogP contribution in [0, 0.1) is 11.8 Å². The van der Waals surface area contributed by atoms with Crippen molar-refractivity contribution in [2.75, 3.05) is 18.1 Å². The number of aliphatic carboxylic acids is 1. The van der Waals surface area contributed by atoms with E-state index in [4.69, 9.17) is 9.47 Å². The van der Waals surface area contributed by atoms with Gasteiger partial charge in [-0.1, -0.05) is 55.5 Å². The van der Waals surface area contributed by atoms with Crippen LogP contribution >= 0.6 is 0 Å². The number of anilines is 1. The molecule has 3 aromatic rings. The number of amides is 2. The van der Waals surface area contributed by atoms with Crippen LogP contribution in [0.2, 0.25) is 0 Å². The second-order valence-corrected chi connectivity index (χ2v) is 9.54. The fourth-order valence-electron chi connectivity index (χ4n) is 5.87. The molecule has 2 N–H and O–H groups in total. The quantitative estimate of drug-likeness (QED) is 0.519.